The normalized spacial score (nSPS) is 13.7. The Morgan fingerprint density at radius 3 is 2.11 bits per heavy atom. The van der Waals surface area contributed by atoms with E-state index in [-0.39, 0.29) is 37.4 Å². The molecule has 3 atom stereocenters. The number of nitrogens with zero attached hydrogens (tertiary/aromatic N) is 1. The van der Waals surface area contributed by atoms with Crippen LogP contribution in [0.5, 0.6) is 0 Å². The molecule has 9 nitrogen and oxygen atoms in total. The number of hydrogen-bond donors (Lipinski definition) is 2. The van der Waals surface area contributed by atoms with Crippen LogP contribution in [0, 0.1) is 12.8 Å². The van der Waals surface area contributed by atoms with Gasteiger partial charge in [-0.25, -0.2) is 4.79 Å². The number of benzene rings is 1. The van der Waals surface area contributed by atoms with E-state index in [4.69, 9.17) is 9.47 Å². The number of hydrogen-bond acceptors (Lipinski definition) is 6. The van der Waals surface area contributed by atoms with E-state index in [1.54, 1.807) is 32.6 Å². The predicted molar refractivity (Wildman–Crippen MR) is 147 cm³/mol. The van der Waals surface area contributed by atoms with E-state index >= 15 is 0 Å². The molecule has 1 aromatic rings. The number of carbonyl (C=O) groups is 4. The Kier molecular flexibility index (Phi) is 13.3. The van der Waals surface area contributed by atoms with E-state index < -0.39 is 35.7 Å². The Morgan fingerprint density at radius 1 is 1.00 bits per heavy atom. The van der Waals surface area contributed by atoms with Gasteiger partial charge in [-0.3, -0.25) is 14.4 Å². The monoisotopic (exact) mass is 533 g/mol. The first kappa shape index (κ1) is 32.9. The average Bonchev–Trinajstić information content (AvgIpc) is 2.80. The molecular weight excluding hydrogens is 486 g/mol. The van der Waals surface area contributed by atoms with Crippen LogP contribution in [0.1, 0.15) is 91.8 Å². The van der Waals surface area contributed by atoms with E-state index in [1.807, 2.05) is 58.9 Å². The first-order valence-corrected chi connectivity index (χ1v) is 13.5. The van der Waals surface area contributed by atoms with Gasteiger partial charge in [0.2, 0.25) is 11.8 Å². The second-order valence-electron chi connectivity index (χ2n) is 11.0. The predicted octanol–water partition coefficient (Wildman–Crippen LogP) is 4.67. The molecule has 9 heteroatoms. The molecule has 0 fully saturated rings. The van der Waals surface area contributed by atoms with Crippen LogP contribution in [0.3, 0.4) is 0 Å². The Balaban J connectivity index is 3.43. The highest BCUT2D eigenvalue weighted by Gasteiger charge is 2.38. The Labute approximate surface area is 228 Å². The van der Waals surface area contributed by atoms with Gasteiger partial charge in [0.15, 0.2) is 0 Å². The van der Waals surface area contributed by atoms with Gasteiger partial charge < -0.3 is 25.0 Å². The third-order valence-electron chi connectivity index (χ3n) is 5.87. The number of carbonyl (C=O) groups excluding carboxylic acids is 4. The summed E-state index contributed by atoms with van der Waals surface area (Å²) in [5, 5.41) is 5.55. The molecule has 0 bridgehead atoms. The third-order valence-corrected chi connectivity index (χ3v) is 5.87. The summed E-state index contributed by atoms with van der Waals surface area (Å²) in [5.41, 5.74) is 0.925. The smallest absolute Gasteiger partial charge is 0.408 e. The van der Waals surface area contributed by atoms with E-state index in [9.17, 15) is 19.2 Å². The fraction of sp³-hybridized carbons (Fsp3) is 0.655. The van der Waals surface area contributed by atoms with Crippen LogP contribution >= 0.6 is 0 Å². The minimum atomic E-state index is -0.963. The van der Waals surface area contributed by atoms with Gasteiger partial charge in [-0.05, 0) is 65.9 Å². The van der Waals surface area contributed by atoms with Crippen molar-refractivity contribution in [1.29, 1.82) is 0 Å². The van der Waals surface area contributed by atoms with E-state index in [2.05, 4.69) is 10.6 Å². The molecule has 214 valence electrons. The van der Waals surface area contributed by atoms with Gasteiger partial charge in [-0.1, -0.05) is 50.6 Å². The van der Waals surface area contributed by atoms with Crippen molar-refractivity contribution < 1.29 is 28.7 Å². The fourth-order valence-corrected chi connectivity index (χ4v) is 3.92. The largest absolute Gasteiger partial charge is 0.466 e. The van der Waals surface area contributed by atoms with Crippen molar-refractivity contribution in [2.75, 3.05) is 13.2 Å². The summed E-state index contributed by atoms with van der Waals surface area (Å²) in [5.74, 6) is -1.10. The summed E-state index contributed by atoms with van der Waals surface area (Å²) in [4.78, 5) is 53.8. The van der Waals surface area contributed by atoms with Crippen molar-refractivity contribution in [3.63, 3.8) is 0 Å². The Hall–Kier alpha value is -3.10. The molecular formula is C29H47N3O6. The van der Waals surface area contributed by atoms with Crippen LogP contribution in [-0.4, -0.2) is 59.6 Å². The van der Waals surface area contributed by atoms with Crippen molar-refractivity contribution in [3.05, 3.63) is 35.4 Å². The van der Waals surface area contributed by atoms with Gasteiger partial charge in [0.1, 0.15) is 17.7 Å². The maximum atomic E-state index is 14.1. The number of alkyl carbamates (subject to hydrolysis) is 1. The van der Waals surface area contributed by atoms with Gasteiger partial charge >= 0.3 is 12.1 Å². The molecule has 0 radical (unpaired) electrons. The third kappa shape index (κ3) is 11.1. The molecule has 0 aliphatic carbocycles. The molecule has 1 rings (SSSR count). The number of ether oxygens (including phenoxy) is 2. The lowest BCUT2D eigenvalue weighted by atomic mass is 9.96. The standard InChI is InChI=1S/C29H47N3O6/c1-10-21(6)32(27(35)23(18-19(3)4)31-28(36)38-29(7,8)9)25(22-14-12-20(5)13-15-22)26(34)30-17-16-24(33)37-11-2/h12-15,19,21,23,25H,10-11,16-18H2,1-9H3,(H,30,34)(H,31,36). The summed E-state index contributed by atoms with van der Waals surface area (Å²) in [6, 6.07) is 5.25. The van der Waals surface area contributed by atoms with E-state index in [0.29, 0.717) is 18.4 Å². The van der Waals surface area contributed by atoms with Crippen molar-refractivity contribution in [2.45, 2.75) is 105 Å². The lowest BCUT2D eigenvalue weighted by Crippen LogP contribution is -2.55. The second-order valence-corrected chi connectivity index (χ2v) is 11.0. The minimum absolute atomic E-state index is 0.0215. The van der Waals surface area contributed by atoms with Crippen LogP contribution in [0.15, 0.2) is 24.3 Å². The van der Waals surface area contributed by atoms with Crippen LogP contribution in [0.25, 0.3) is 0 Å². The summed E-state index contributed by atoms with van der Waals surface area (Å²) in [7, 11) is 0. The average molecular weight is 534 g/mol. The van der Waals surface area contributed by atoms with Gasteiger partial charge in [-0.15, -0.1) is 0 Å². The highest BCUT2D eigenvalue weighted by atomic mass is 16.6. The van der Waals surface area contributed by atoms with Crippen molar-refractivity contribution in [2.24, 2.45) is 5.92 Å². The fourth-order valence-electron chi connectivity index (χ4n) is 3.92. The van der Waals surface area contributed by atoms with Gasteiger partial charge in [0.25, 0.3) is 0 Å². The molecule has 3 unspecified atom stereocenters. The molecule has 0 saturated carbocycles. The number of nitrogens with one attached hydrogen (secondary N) is 2. The molecule has 3 amide bonds. The second kappa shape index (κ2) is 15.3. The molecule has 0 spiro atoms. The first-order valence-electron chi connectivity index (χ1n) is 13.5. The van der Waals surface area contributed by atoms with E-state index in [1.165, 1.54) is 0 Å². The number of rotatable bonds is 13. The molecule has 0 heterocycles. The molecule has 38 heavy (non-hydrogen) atoms. The van der Waals surface area contributed by atoms with Crippen LogP contribution < -0.4 is 10.6 Å². The Morgan fingerprint density at radius 2 is 1.61 bits per heavy atom. The minimum Gasteiger partial charge on any atom is -0.466 e. The molecule has 0 saturated heterocycles. The SMILES string of the molecule is CCOC(=O)CCNC(=O)C(c1ccc(C)cc1)N(C(=O)C(CC(C)C)NC(=O)OC(C)(C)C)C(C)CC. The van der Waals surface area contributed by atoms with Crippen molar-refractivity contribution >= 4 is 23.9 Å². The first-order chi connectivity index (χ1) is 17.7. The van der Waals surface area contributed by atoms with Gasteiger partial charge in [0, 0.05) is 12.6 Å². The number of amides is 3. The highest BCUT2D eigenvalue weighted by molar-refractivity contribution is 5.92. The zero-order valence-corrected chi connectivity index (χ0v) is 24.6. The van der Waals surface area contributed by atoms with Crippen molar-refractivity contribution in [1.82, 2.24) is 15.5 Å². The van der Waals surface area contributed by atoms with Crippen LogP contribution in [0.2, 0.25) is 0 Å². The zero-order chi connectivity index (χ0) is 29.0. The van der Waals surface area contributed by atoms with Gasteiger partial charge in [-0.2, -0.15) is 0 Å². The Bertz CT molecular complexity index is 923. The number of esters is 1. The van der Waals surface area contributed by atoms with Crippen LogP contribution in [0.4, 0.5) is 4.79 Å². The van der Waals surface area contributed by atoms with Crippen molar-refractivity contribution in [3.8, 4) is 0 Å². The lowest BCUT2D eigenvalue weighted by Gasteiger charge is -2.38. The lowest BCUT2D eigenvalue weighted by molar-refractivity contribution is -0.146. The molecule has 0 aliphatic heterocycles. The molecule has 0 aromatic heterocycles. The molecule has 2 N–H and O–H groups in total. The topological polar surface area (TPSA) is 114 Å². The molecule has 0 aliphatic rings. The van der Waals surface area contributed by atoms with Gasteiger partial charge in [0.05, 0.1) is 13.0 Å². The number of aryl methyl sites for hydroxylation is 1. The summed E-state index contributed by atoms with van der Waals surface area (Å²) in [6.45, 7) is 17.0. The maximum Gasteiger partial charge on any atom is 0.408 e. The molecule has 1 aromatic carbocycles. The summed E-state index contributed by atoms with van der Waals surface area (Å²) < 4.78 is 10.4. The summed E-state index contributed by atoms with van der Waals surface area (Å²) >= 11 is 0. The highest BCUT2D eigenvalue weighted by Crippen LogP contribution is 2.27. The van der Waals surface area contributed by atoms with Crippen LogP contribution in [-0.2, 0) is 23.9 Å². The summed E-state index contributed by atoms with van der Waals surface area (Å²) in [6.07, 6.45) is 0.292. The zero-order valence-electron chi connectivity index (χ0n) is 24.6. The maximum absolute atomic E-state index is 14.1. The van der Waals surface area contributed by atoms with E-state index in [0.717, 1.165) is 5.56 Å². The quantitative estimate of drug-likeness (QED) is 0.356.